The summed E-state index contributed by atoms with van der Waals surface area (Å²) in [5.41, 5.74) is 1.01. The Labute approximate surface area is 176 Å². The van der Waals surface area contributed by atoms with Crippen LogP contribution in [0.1, 0.15) is 15.9 Å². The number of methoxy groups -OCH3 is 1. The lowest BCUT2D eigenvalue weighted by molar-refractivity contribution is 0.0520. The van der Waals surface area contributed by atoms with Crippen molar-refractivity contribution in [2.24, 2.45) is 0 Å². The van der Waals surface area contributed by atoms with E-state index >= 15 is 0 Å². The second kappa shape index (κ2) is 9.46. The van der Waals surface area contributed by atoms with Crippen LogP contribution in [-0.4, -0.2) is 65.8 Å². The lowest BCUT2D eigenvalue weighted by atomic mass is 10.1. The minimum atomic E-state index is -3.74. The van der Waals surface area contributed by atoms with Crippen molar-refractivity contribution in [1.82, 2.24) is 9.62 Å². The van der Waals surface area contributed by atoms with Gasteiger partial charge in [-0.3, -0.25) is 4.79 Å². The number of aryl methyl sites for hydroxylation is 1. The van der Waals surface area contributed by atoms with E-state index in [0.29, 0.717) is 35.8 Å². The largest absolute Gasteiger partial charge is 0.486 e. The Kier molecular flexibility index (Phi) is 6.96. The summed E-state index contributed by atoms with van der Waals surface area (Å²) in [4.78, 5) is 14.6. The van der Waals surface area contributed by atoms with E-state index in [1.54, 1.807) is 20.0 Å². The number of rotatable bonds is 8. The van der Waals surface area contributed by atoms with Gasteiger partial charge in [-0.2, -0.15) is 0 Å². The Balaban J connectivity index is 1.71. The summed E-state index contributed by atoms with van der Waals surface area (Å²) in [6, 6.07) is 11.9. The van der Waals surface area contributed by atoms with Crippen LogP contribution < -0.4 is 14.2 Å². The number of carbonyl (C=O) groups is 1. The molecule has 1 aliphatic heterocycles. The highest BCUT2D eigenvalue weighted by Crippen LogP contribution is 2.31. The number of carbonyl (C=O) groups excluding carboxylic acids is 1. The molecular formula is C21H26N2O6S. The lowest BCUT2D eigenvalue weighted by Crippen LogP contribution is -2.42. The molecule has 0 aromatic heterocycles. The predicted octanol–water partition coefficient (Wildman–Crippen LogP) is 1.83. The average Bonchev–Trinajstić information content (AvgIpc) is 2.73. The van der Waals surface area contributed by atoms with Gasteiger partial charge < -0.3 is 19.1 Å². The topological polar surface area (TPSA) is 94.2 Å². The van der Waals surface area contributed by atoms with Crippen LogP contribution in [0.25, 0.3) is 0 Å². The third kappa shape index (κ3) is 5.10. The third-order valence-electron chi connectivity index (χ3n) is 4.74. The van der Waals surface area contributed by atoms with Gasteiger partial charge in [-0.1, -0.05) is 18.2 Å². The van der Waals surface area contributed by atoms with Crippen LogP contribution in [0, 0.1) is 6.92 Å². The van der Waals surface area contributed by atoms with Crippen LogP contribution >= 0.6 is 0 Å². The van der Waals surface area contributed by atoms with Crippen LogP contribution in [0.5, 0.6) is 11.5 Å². The van der Waals surface area contributed by atoms with Gasteiger partial charge in [0.15, 0.2) is 17.6 Å². The first-order valence-electron chi connectivity index (χ1n) is 9.55. The molecule has 9 heteroatoms. The van der Waals surface area contributed by atoms with E-state index in [9.17, 15) is 13.2 Å². The number of sulfonamides is 1. The number of ether oxygens (including phenoxy) is 3. The van der Waals surface area contributed by atoms with Crippen molar-refractivity contribution in [2.75, 3.05) is 40.5 Å². The molecule has 0 spiro atoms. The number of nitrogens with one attached hydrogen (secondary N) is 1. The van der Waals surface area contributed by atoms with Crippen LogP contribution in [0.15, 0.2) is 47.4 Å². The van der Waals surface area contributed by atoms with E-state index in [1.165, 1.54) is 24.1 Å². The van der Waals surface area contributed by atoms with E-state index in [1.807, 2.05) is 24.3 Å². The number of hydrogen-bond acceptors (Lipinski definition) is 6. The zero-order valence-electron chi connectivity index (χ0n) is 17.3. The minimum Gasteiger partial charge on any atom is -0.486 e. The maximum Gasteiger partial charge on any atom is 0.254 e. The zero-order chi connectivity index (χ0) is 21.7. The lowest BCUT2D eigenvalue weighted by Gasteiger charge is -2.29. The van der Waals surface area contributed by atoms with Gasteiger partial charge in [0.25, 0.3) is 5.91 Å². The Bertz CT molecular complexity index is 1010. The summed E-state index contributed by atoms with van der Waals surface area (Å²) in [6.45, 7) is 2.80. The molecule has 1 heterocycles. The molecule has 1 aliphatic rings. The van der Waals surface area contributed by atoms with Gasteiger partial charge in [0.2, 0.25) is 10.0 Å². The normalized spacial score (nSPS) is 15.6. The van der Waals surface area contributed by atoms with E-state index < -0.39 is 10.0 Å². The van der Waals surface area contributed by atoms with Crippen molar-refractivity contribution in [3.8, 4) is 11.5 Å². The number of nitrogens with zero attached hydrogens (tertiary/aromatic N) is 1. The number of benzene rings is 2. The first-order valence-corrected chi connectivity index (χ1v) is 11.0. The number of hydrogen-bond donors (Lipinski definition) is 1. The van der Waals surface area contributed by atoms with Gasteiger partial charge in [0.05, 0.1) is 18.0 Å². The van der Waals surface area contributed by atoms with E-state index in [2.05, 4.69) is 4.72 Å². The summed E-state index contributed by atoms with van der Waals surface area (Å²) < 4.78 is 43.9. The fourth-order valence-corrected chi connectivity index (χ4v) is 4.15. The van der Waals surface area contributed by atoms with Gasteiger partial charge in [0, 0.05) is 26.3 Å². The fourth-order valence-electron chi connectivity index (χ4n) is 3.11. The molecule has 0 saturated heterocycles. The van der Waals surface area contributed by atoms with Crippen molar-refractivity contribution in [1.29, 1.82) is 0 Å². The molecule has 0 bridgehead atoms. The molecule has 2 aromatic rings. The minimum absolute atomic E-state index is 0.0344. The standard InChI is InChI=1S/C21H26N2O6S/c1-15-8-9-17(30(25,26)22-10-11-27-3)12-18(15)21(24)23(2)13-16-14-28-19-6-4-5-7-20(19)29-16/h4-9,12,16,22H,10-11,13-14H2,1-3H3. The highest BCUT2D eigenvalue weighted by molar-refractivity contribution is 7.89. The Hall–Kier alpha value is -2.62. The van der Waals surface area contributed by atoms with E-state index in [4.69, 9.17) is 14.2 Å². The van der Waals surface area contributed by atoms with Crippen molar-refractivity contribution in [3.05, 3.63) is 53.6 Å². The molecule has 1 N–H and O–H groups in total. The zero-order valence-corrected chi connectivity index (χ0v) is 18.1. The van der Waals surface area contributed by atoms with Gasteiger partial charge in [-0.05, 0) is 36.8 Å². The summed E-state index contributed by atoms with van der Waals surface area (Å²) >= 11 is 0. The maximum atomic E-state index is 13.0. The smallest absolute Gasteiger partial charge is 0.254 e. The molecule has 8 nitrogen and oxygen atoms in total. The van der Waals surface area contributed by atoms with Crippen molar-refractivity contribution in [3.63, 3.8) is 0 Å². The van der Waals surface area contributed by atoms with Gasteiger partial charge in [-0.25, -0.2) is 13.1 Å². The number of amides is 1. The second-order valence-corrected chi connectivity index (χ2v) is 8.82. The molecule has 0 fully saturated rings. The van der Waals surface area contributed by atoms with Gasteiger partial charge in [0.1, 0.15) is 6.61 Å². The number of likely N-dealkylation sites (N-methyl/N-ethyl adjacent to an activating group) is 1. The number of para-hydroxylation sites is 2. The first-order chi connectivity index (χ1) is 14.3. The molecule has 30 heavy (non-hydrogen) atoms. The average molecular weight is 435 g/mol. The molecular weight excluding hydrogens is 408 g/mol. The Morgan fingerprint density at radius 2 is 1.97 bits per heavy atom. The molecule has 0 radical (unpaired) electrons. The SMILES string of the molecule is COCCNS(=O)(=O)c1ccc(C)c(C(=O)N(C)CC2COc3ccccc3O2)c1. The van der Waals surface area contributed by atoms with Crippen LogP contribution in [0.3, 0.4) is 0 Å². The van der Waals surface area contributed by atoms with Crippen LogP contribution in [0.2, 0.25) is 0 Å². The fraction of sp³-hybridized carbons (Fsp3) is 0.381. The van der Waals surface area contributed by atoms with Crippen LogP contribution in [-0.2, 0) is 14.8 Å². The first kappa shape index (κ1) is 22.1. The monoisotopic (exact) mass is 434 g/mol. The molecule has 1 atom stereocenters. The molecule has 1 unspecified atom stereocenters. The van der Waals surface area contributed by atoms with Gasteiger partial charge in [-0.15, -0.1) is 0 Å². The summed E-state index contributed by atoms with van der Waals surface area (Å²) in [5.74, 6) is 1.03. The molecule has 162 valence electrons. The highest BCUT2D eigenvalue weighted by atomic mass is 32.2. The molecule has 3 rings (SSSR count). The Morgan fingerprint density at radius 3 is 2.70 bits per heavy atom. The van der Waals surface area contributed by atoms with Crippen molar-refractivity contribution in [2.45, 2.75) is 17.9 Å². The van der Waals surface area contributed by atoms with E-state index in [-0.39, 0.29) is 30.1 Å². The highest BCUT2D eigenvalue weighted by Gasteiger charge is 2.25. The molecule has 2 aromatic carbocycles. The summed E-state index contributed by atoms with van der Waals surface area (Å²) in [5, 5.41) is 0. The van der Waals surface area contributed by atoms with Crippen molar-refractivity contribution < 1.29 is 27.4 Å². The summed E-state index contributed by atoms with van der Waals surface area (Å²) in [7, 11) is -0.588. The molecule has 1 amide bonds. The second-order valence-electron chi connectivity index (χ2n) is 7.05. The van der Waals surface area contributed by atoms with Crippen molar-refractivity contribution >= 4 is 15.9 Å². The summed E-state index contributed by atoms with van der Waals surface area (Å²) in [6.07, 6.45) is -0.322. The third-order valence-corrected chi connectivity index (χ3v) is 6.20. The molecule has 0 aliphatic carbocycles. The van der Waals surface area contributed by atoms with Crippen LogP contribution in [0.4, 0.5) is 0 Å². The van der Waals surface area contributed by atoms with E-state index in [0.717, 1.165) is 0 Å². The number of fused-ring (bicyclic) bond motifs is 1. The van der Waals surface area contributed by atoms with Gasteiger partial charge >= 0.3 is 0 Å². The maximum absolute atomic E-state index is 13.0. The quantitative estimate of drug-likeness (QED) is 0.637. The molecule has 0 saturated carbocycles. The Morgan fingerprint density at radius 1 is 1.23 bits per heavy atom. The predicted molar refractivity (Wildman–Crippen MR) is 112 cm³/mol.